The van der Waals surface area contributed by atoms with E-state index < -0.39 is 26.7 Å². The molecule has 2 aromatic heterocycles. The van der Waals surface area contributed by atoms with Crippen LogP contribution < -0.4 is 5.56 Å². The highest BCUT2D eigenvalue weighted by atomic mass is 32.2. The number of thiazole rings is 1. The number of hydrogen-bond acceptors (Lipinski definition) is 8. The lowest BCUT2D eigenvalue weighted by Gasteiger charge is -2.26. The summed E-state index contributed by atoms with van der Waals surface area (Å²) < 4.78 is 52.5. The molecule has 0 aliphatic carbocycles. The van der Waals surface area contributed by atoms with Gasteiger partial charge in [-0.2, -0.15) is 4.31 Å². The molecule has 1 aliphatic rings. The first-order valence-electron chi connectivity index (χ1n) is 8.86. The van der Waals surface area contributed by atoms with Crippen molar-refractivity contribution >= 4 is 32.3 Å². The van der Waals surface area contributed by atoms with Gasteiger partial charge in [0.05, 0.1) is 24.5 Å². The highest BCUT2D eigenvalue weighted by Gasteiger charge is 2.30. The average molecular weight is 453 g/mol. The summed E-state index contributed by atoms with van der Waals surface area (Å²) in [5.41, 5.74) is -0.191. The molecule has 12 heteroatoms. The monoisotopic (exact) mass is 453 g/mol. The zero-order valence-electron chi connectivity index (χ0n) is 15.5. The molecule has 3 heterocycles. The maximum Gasteiger partial charge on any atom is 0.338 e. The van der Waals surface area contributed by atoms with Crippen molar-refractivity contribution in [2.45, 2.75) is 11.5 Å². The summed E-state index contributed by atoms with van der Waals surface area (Å²) >= 11 is 1.26. The first kappa shape index (κ1) is 20.6. The third kappa shape index (κ3) is 3.99. The van der Waals surface area contributed by atoms with Crippen molar-refractivity contribution < 1.29 is 27.1 Å². The van der Waals surface area contributed by atoms with Gasteiger partial charge in [0.1, 0.15) is 17.3 Å². The highest BCUT2D eigenvalue weighted by molar-refractivity contribution is 7.89. The number of nitrogens with zero attached hydrogens (tertiary/aromatic N) is 3. The van der Waals surface area contributed by atoms with Crippen LogP contribution in [0.4, 0.5) is 4.39 Å². The Hall–Kier alpha value is -2.67. The summed E-state index contributed by atoms with van der Waals surface area (Å²) in [6, 6.07) is 4.24. The molecule has 0 spiro atoms. The number of esters is 1. The molecule has 0 N–H and O–H groups in total. The fraction of sp³-hybridized carbons (Fsp3) is 0.278. The molecule has 1 aromatic carbocycles. The second-order valence-corrected chi connectivity index (χ2v) is 9.16. The summed E-state index contributed by atoms with van der Waals surface area (Å²) in [5, 5.41) is 1.70. The SMILES string of the molecule is O=C(OCc1cc(=O)n2ccsc2n1)c1ccc(F)c(S(=O)(=O)N2CCOCC2)c1. The van der Waals surface area contributed by atoms with E-state index in [1.165, 1.54) is 21.8 Å². The summed E-state index contributed by atoms with van der Waals surface area (Å²) in [6.07, 6.45) is 1.58. The minimum absolute atomic E-state index is 0.100. The molecule has 4 rings (SSSR count). The van der Waals surface area contributed by atoms with Crippen LogP contribution in [0, 0.1) is 5.82 Å². The van der Waals surface area contributed by atoms with Gasteiger partial charge < -0.3 is 9.47 Å². The Labute approximate surface area is 174 Å². The van der Waals surface area contributed by atoms with Gasteiger partial charge in [-0.3, -0.25) is 9.20 Å². The molecule has 0 atom stereocenters. The summed E-state index contributed by atoms with van der Waals surface area (Å²) in [5.74, 6) is -1.82. The molecule has 0 saturated carbocycles. The Morgan fingerprint density at radius 3 is 2.80 bits per heavy atom. The Morgan fingerprint density at radius 1 is 1.27 bits per heavy atom. The fourth-order valence-electron chi connectivity index (χ4n) is 2.94. The van der Waals surface area contributed by atoms with E-state index in [2.05, 4.69) is 4.98 Å². The molecule has 3 aromatic rings. The van der Waals surface area contributed by atoms with Crippen LogP contribution in [0.5, 0.6) is 0 Å². The van der Waals surface area contributed by atoms with E-state index in [0.29, 0.717) is 4.96 Å². The van der Waals surface area contributed by atoms with Crippen LogP contribution in [0.2, 0.25) is 0 Å². The second-order valence-electron chi connectivity index (χ2n) is 6.38. The number of carbonyl (C=O) groups is 1. The van der Waals surface area contributed by atoms with E-state index in [0.717, 1.165) is 22.5 Å². The van der Waals surface area contributed by atoms with E-state index in [9.17, 15) is 22.4 Å². The van der Waals surface area contributed by atoms with Gasteiger partial charge in [0, 0.05) is 30.7 Å². The molecule has 0 amide bonds. The van der Waals surface area contributed by atoms with Crippen molar-refractivity contribution in [1.82, 2.24) is 13.7 Å². The number of carbonyl (C=O) groups excluding carboxylic acids is 1. The van der Waals surface area contributed by atoms with Crippen LogP contribution in [0.1, 0.15) is 16.1 Å². The number of hydrogen-bond donors (Lipinski definition) is 0. The Kier molecular flexibility index (Phi) is 5.64. The van der Waals surface area contributed by atoms with E-state index in [1.54, 1.807) is 11.6 Å². The first-order valence-corrected chi connectivity index (χ1v) is 11.2. The third-order valence-corrected chi connectivity index (χ3v) is 7.13. The molecule has 1 fully saturated rings. The summed E-state index contributed by atoms with van der Waals surface area (Å²) in [7, 11) is -4.12. The van der Waals surface area contributed by atoms with Crippen molar-refractivity contribution in [3.8, 4) is 0 Å². The zero-order chi connectivity index (χ0) is 21.3. The molecular formula is C18H16FN3O6S2. The molecule has 0 radical (unpaired) electrons. The van der Waals surface area contributed by atoms with Gasteiger partial charge in [-0.05, 0) is 18.2 Å². The maximum absolute atomic E-state index is 14.3. The number of fused-ring (bicyclic) bond motifs is 1. The number of sulfonamides is 1. The minimum Gasteiger partial charge on any atom is -0.456 e. The normalized spacial score (nSPS) is 15.4. The van der Waals surface area contributed by atoms with Crippen LogP contribution in [-0.2, 0) is 26.1 Å². The number of benzene rings is 1. The predicted octanol–water partition coefficient (Wildman–Crippen LogP) is 1.27. The highest BCUT2D eigenvalue weighted by Crippen LogP contribution is 2.22. The van der Waals surface area contributed by atoms with Crippen LogP contribution in [-0.4, -0.2) is 54.4 Å². The zero-order valence-corrected chi connectivity index (χ0v) is 17.1. The van der Waals surface area contributed by atoms with Crippen molar-refractivity contribution in [1.29, 1.82) is 0 Å². The Bertz CT molecular complexity index is 1260. The molecule has 1 aliphatic heterocycles. The fourth-order valence-corrected chi connectivity index (χ4v) is 5.18. The lowest BCUT2D eigenvalue weighted by molar-refractivity contribution is 0.0467. The topological polar surface area (TPSA) is 107 Å². The Morgan fingerprint density at radius 2 is 2.03 bits per heavy atom. The lowest BCUT2D eigenvalue weighted by atomic mass is 10.2. The van der Waals surface area contributed by atoms with Gasteiger partial charge in [0.25, 0.3) is 5.56 Å². The van der Waals surface area contributed by atoms with Crippen LogP contribution in [0.15, 0.2) is 45.5 Å². The number of ether oxygens (including phenoxy) is 2. The van der Waals surface area contributed by atoms with Gasteiger partial charge in [-0.15, -0.1) is 11.3 Å². The van der Waals surface area contributed by atoms with Crippen molar-refractivity contribution in [3.63, 3.8) is 0 Å². The van der Waals surface area contributed by atoms with Crippen LogP contribution in [0.3, 0.4) is 0 Å². The first-order chi connectivity index (χ1) is 14.4. The van der Waals surface area contributed by atoms with Gasteiger partial charge in [-0.25, -0.2) is 22.6 Å². The molecule has 9 nitrogen and oxygen atoms in total. The summed E-state index contributed by atoms with van der Waals surface area (Å²) in [6.45, 7) is 0.339. The van der Waals surface area contributed by atoms with E-state index in [4.69, 9.17) is 9.47 Å². The summed E-state index contributed by atoms with van der Waals surface area (Å²) in [4.78, 5) is 28.5. The number of morpholine rings is 1. The average Bonchev–Trinajstić information content (AvgIpc) is 3.22. The Balaban J connectivity index is 1.54. The van der Waals surface area contributed by atoms with E-state index in [1.807, 2.05) is 0 Å². The van der Waals surface area contributed by atoms with Crippen molar-refractivity contribution in [2.75, 3.05) is 26.3 Å². The smallest absolute Gasteiger partial charge is 0.338 e. The number of rotatable bonds is 5. The van der Waals surface area contributed by atoms with Gasteiger partial charge in [0.15, 0.2) is 4.96 Å². The molecule has 30 heavy (non-hydrogen) atoms. The number of halogens is 1. The largest absolute Gasteiger partial charge is 0.456 e. The molecule has 1 saturated heterocycles. The van der Waals surface area contributed by atoms with Crippen molar-refractivity contribution in [3.05, 3.63) is 63.3 Å². The third-order valence-electron chi connectivity index (χ3n) is 4.46. The van der Waals surface area contributed by atoms with Gasteiger partial charge in [0.2, 0.25) is 10.0 Å². The second kappa shape index (κ2) is 8.22. The minimum atomic E-state index is -4.12. The van der Waals surface area contributed by atoms with E-state index >= 15 is 0 Å². The van der Waals surface area contributed by atoms with Crippen LogP contribution in [0.25, 0.3) is 4.96 Å². The predicted molar refractivity (Wildman–Crippen MR) is 104 cm³/mol. The molecule has 158 valence electrons. The maximum atomic E-state index is 14.3. The standard InChI is InChI=1S/C18H16FN3O6S2/c19-14-2-1-12(9-15(14)30(25,26)21-3-6-27-7-4-21)17(24)28-11-13-10-16(23)22-5-8-29-18(22)20-13/h1-2,5,8-10H,3-4,6-7,11H2. The number of aromatic nitrogens is 2. The van der Waals surface area contributed by atoms with Crippen molar-refractivity contribution in [2.24, 2.45) is 0 Å². The molecule has 0 bridgehead atoms. The van der Waals surface area contributed by atoms with Gasteiger partial charge >= 0.3 is 5.97 Å². The van der Waals surface area contributed by atoms with Gasteiger partial charge in [-0.1, -0.05) is 0 Å². The molecular weight excluding hydrogens is 437 g/mol. The van der Waals surface area contributed by atoms with E-state index in [-0.39, 0.29) is 49.7 Å². The lowest BCUT2D eigenvalue weighted by Crippen LogP contribution is -2.41. The quantitative estimate of drug-likeness (QED) is 0.536. The van der Waals surface area contributed by atoms with Crippen LogP contribution >= 0.6 is 11.3 Å². The molecule has 0 unspecified atom stereocenters.